The Morgan fingerprint density at radius 2 is 2.13 bits per heavy atom. The molecule has 0 unspecified atom stereocenters. The van der Waals surface area contributed by atoms with Gasteiger partial charge in [-0.05, 0) is 19.9 Å². The van der Waals surface area contributed by atoms with Crippen molar-refractivity contribution < 1.29 is 23.1 Å². The monoisotopic (exact) mass is 326 g/mol. The molecule has 9 heteroatoms. The molecule has 2 rings (SSSR count). The van der Waals surface area contributed by atoms with E-state index in [1.807, 2.05) is 0 Å². The number of aromatic nitrogens is 4. The number of rotatable bonds is 7. The van der Waals surface area contributed by atoms with Crippen LogP contribution in [0.5, 0.6) is 0 Å². The number of Topliss-reactive ketones (excluding diaryl/α,β-unsaturated/α-hetero) is 1. The van der Waals surface area contributed by atoms with E-state index in [0.29, 0.717) is 10.2 Å². The Morgan fingerprint density at radius 1 is 1.39 bits per heavy atom. The minimum Gasteiger partial charge on any atom is -0.466 e. The predicted molar refractivity (Wildman–Crippen MR) is 75.1 cm³/mol. The van der Waals surface area contributed by atoms with E-state index in [4.69, 9.17) is 4.74 Å². The standard InChI is InChI=1S/C14H16F2N4O3/c1-3-23-12(22)7-11(21)13-10(8-19-6-4-5-17-19)9(2)20(18-13)14(15)16/h4-6,14H,3,7-8H2,1-2H3. The smallest absolute Gasteiger partial charge is 0.333 e. The van der Waals surface area contributed by atoms with Gasteiger partial charge in [0, 0.05) is 23.7 Å². The molecule has 0 radical (unpaired) electrons. The first-order valence-corrected chi connectivity index (χ1v) is 6.96. The van der Waals surface area contributed by atoms with Crippen LogP contribution in [0.1, 0.15) is 41.6 Å². The lowest BCUT2D eigenvalue weighted by molar-refractivity contribution is -0.141. The Bertz CT molecular complexity index is 695. The maximum Gasteiger partial charge on any atom is 0.333 e. The van der Waals surface area contributed by atoms with Gasteiger partial charge in [-0.25, -0.2) is 4.68 Å². The second-order valence-corrected chi connectivity index (χ2v) is 4.74. The first-order chi connectivity index (χ1) is 10.9. The number of esters is 1. The quantitative estimate of drug-likeness (QED) is 0.441. The van der Waals surface area contributed by atoms with Gasteiger partial charge < -0.3 is 4.74 Å². The fourth-order valence-corrected chi connectivity index (χ4v) is 2.14. The molecule has 0 aliphatic heterocycles. The summed E-state index contributed by atoms with van der Waals surface area (Å²) in [7, 11) is 0. The van der Waals surface area contributed by atoms with Gasteiger partial charge in [0.15, 0.2) is 5.78 Å². The minimum atomic E-state index is -2.88. The Morgan fingerprint density at radius 3 is 2.70 bits per heavy atom. The number of ketones is 1. The fourth-order valence-electron chi connectivity index (χ4n) is 2.14. The van der Waals surface area contributed by atoms with E-state index in [0.717, 1.165) is 0 Å². The summed E-state index contributed by atoms with van der Waals surface area (Å²) < 4.78 is 32.7. The molecule has 0 N–H and O–H groups in total. The summed E-state index contributed by atoms with van der Waals surface area (Å²) in [4.78, 5) is 23.7. The lowest BCUT2D eigenvalue weighted by atomic mass is 10.1. The number of carbonyl (C=O) groups excluding carboxylic acids is 2. The van der Waals surface area contributed by atoms with Gasteiger partial charge in [0.25, 0.3) is 0 Å². The molecule has 0 aliphatic carbocycles. The predicted octanol–water partition coefficient (Wildman–Crippen LogP) is 1.97. The molecule has 0 bridgehead atoms. The highest BCUT2D eigenvalue weighted by atomic mass is 19.3. The SMILES string of the molecule is CCOC(=O)CC(=O)c1nn(C(F)F)c(C)c1Cn1cccn1. The molecule has 2 aromatic rings. The number of alkyl halides is 2. The van der Waals surface area contributed by atoms with Crippen molar-refractivity contribution >= 4 is 11.8 Å². The van der Waals surface area contributed by atoms with Crippen LogP contribution in [0.15, 0.2) is 18.5 Å². The Labute approximate surface area is 130 Å². The molecule has 7 nitrogen and oxygen atoms in total. The van der Waals surface area contributed by atoms with Crippen LogP contribution in [0.3, 0.4) is 0 Å². The second kappa shape index (κ2) is 7.12. The van der Waals surface area contributed by atoms with Gasteiger partial charge in [-0.3, -0.25) is 14.3 Å². The van der Waals surface area contributed by atoms with Crippen LogP contribution in [0, 0.1) is 6.92 Å². The summed E-state index contributed by atoms with van der Waals surface area (Å²) in [5, 5.41) is 7.66. The number of hydrogen-bond acceptors (Lipinski definition) is 5. The van der Waals surface area contributed by atoms with E-state index in [-0.39, 0.29) is 24.5 Å². The largest absolute Gasteiger partial charge is 0.466 e. The summed E-state index contributed by atoms with van der Waals surface area (Å²) in [5.41, 5.74) is 0.303. The third-order valence-corrected chi connectivity index (χ3v) is 3.21. The summed E-state index contributed by atoms with van der Waals surface area (Å²) in [6.45, 7) is 0.419. The molecule has 0 fully saturated rings. The summed E-state index contributed by atoms with van der Waals surface area (Å²) in [5.74, 6) is -1.38. The van der Waals surface area contributed by atoms with Crippen molar-refractivity contribution in [2.45, 2.75) is 33.4 Å². The first kappa shape index (κ1) is 16.8. The van der Waals surface area contributed by atoms with Crippen LogP contribution >= 0.6 is 0 Å². The maximum absolute atomic E-state index is 13.0. The highest BCUT2D eigenvalue weighted by Gasteiger charge is 2.25. The number of ether oxygens (including phenoxy) is 1. The molecule has 2 aromatic heterocycles. The van der Waals surface area contributed by atoms with E-state index in [9.17, 15) is 18.4 Å². The van der Waals surface area contributed by atoms with Crippen molar-refractivity contribution in [1.29, 1.82) is 0 Å². The molecular weight excluding hydrogens is 310 g/mol. The summed E-state index contributed by atoms with van der Waals surface area (Å²) in [6, 6.07) is 1.67. The highest BCUT2D eigenvalue weighted by Crippen LogP contribution is 2.22. The van der Waals surface area contributed by atoms with Crippen LogP contribution < -0.4 is 0 Å². The van der Waals surface area contributed by atoms with E-state index in [1.54, 1.807) is 19.2 Å². The van der Waals surface area contributed by atoms with E-state index >= 15 is 0 Å². The van der Waals surface area contributed by atoms with Crippen molar-refractivity contribution in [1.82, 2.24) is 19.6 Å². The van der Waals surface area contributed by atoms with E-state index in [1.165, 1.54) is 17.8 Å². The lowest BCUT2D eigenvalue weighted by Gasteiger charge is -2.05. The second-order valence-electron chi connectivity index (χ2n) is 4.74. The van der Waals surface area contributed by atoms with E-state index < -0.39 is 24.7 Å². The highest BCUT2D eigenvalue weighted by molar-refractivity contribution is 6.05. The van der Waals surface area contributed by atoms with Gasteiger partial charge in [-0.15, -0.1) is 0 Å². The topological polar surface area (TPSA) is 79.0 Å². The average molecular weight is 326 g/mol. The van der Waals surface area contributed by atoms with Crippen molar-refractivity contribution in [2.75, 3.05) is 6.61 Å². The zero-order chi connectivity index (χ0) is 17.0. The molecule has 2 heterocycles. The number of hydrogen-bond donors (Lipinski definition) is 0. The van der Waals surface area contributed by atoms with Crippen LogP contribution in [0.25, 0.3) is 0 Å². The van der Waals surface area contributed by atoms with Gasteiger partial charge in [-0.2, -0.15) is 19.0 Å². The Balaban J connectivity index is 2.34. The molecule has 0 aliphatic rings. The van der Waals surface area contributed by atoms with Crippen molar-refractivity contribution in [3.63, 3.8) is 0 Å². The van der Waals surface area contributed by atoms with Gasteiger partial charge in [-0.1, -0.05) is 0 Å². The molecule has 0 aromatic carbocycles. The maximum atomic E-state index is 13.0. The van der Waals surface area contributed by atoms with Crippen LogP contribution in [-0.2, 0) is 16.1 Å². The van der Waals surface area contributed by atoms with Gasteiger partial charge in [0.1, 0.15) is 12.1 Å². The van der Waals surface area contributed by atoms with Crippen LogP contribution in [0.4, 0.5) is 8.78 Å². The average Bonchev–Trinajstić information content (AvgIpc) is 3.09. The van der Waals surface area contributed by atoms with Gasteiger partial charge in [0.2, 0.25) is 0 Å². The molecule has 0 atom stereocenters. The molecule has 23 heavy (non-hydrogen) atoms. The van der Waals surface area contributed by atoms with Crippen molar-refractivity contribution in [3.05, 3.63) is 35.4 Å². The third-order valence-electron chi connectivity index (χ3n) is 3.21. The molecular formula is C14H16F2N4O3. The molecule has 124 valence electrons. The van der Waals surface area contributed by atoms with Crippen molar-refractivity contribution in [2.24, 2.45) is 0 Å². The number of halogens is 2. The zero-order valence-corrected chi connectivity index (χ0v) is 12.7. The van der Waals surface area contributed by atoms with Gasteiger partial charge >= 0.3 is 12.5 Å². The zero-order valence-electron chi connectivity index (χ0n) is 12.7. The first-order valence-electron chi connectivity index (χ1n) is 6.96. The van der Waals surface area contributed by atoms with Crippen molar-refractivity contribution in [3.8, 4) is 0 Å². The molecule has 0 saturated heterocycles. The summed E-state index contributed by atoms with van der Waals surface area (Å²) >= 11 is 0. The van der Waals surface area contributed by atoms with Crippen LogP contribution in [0.2, 0.25) is 0 Å². The minimum absolute atomic E-state index is 0.107. The van der Waals surface area contributed by atoms with Crippen LogP contribution in [-0.4, -0.2) is 37.9 Å². The van der Waals surface area contributed by atoms with E-state index in [2.05, 4.69) is 10.2 Å². The normalized spacial score (nSPS) is 11.0. The molecule has 0 amide bonds. The Hall–Kier alpha value is -2.58. The number of nitrogens with zero attached hydrogens (tertiary/aromatic N) is 4. The third kappa shape index (κ3) is 3.79. The summed E-state index contributed by atoms with van der Waals surface area (Å²) in [6.07, 6.45) is 2.63. The molecule has 0 spiro atoms. The number of carbonyl (C=O) groups is 2. The lowest BCUT2D eigenvalue weighted by Crippen LogP contribution is -2.14. The van der Waals surface area contributed by atoms with Gasteiger partial charge in [0.05, 0.1) is 13.2 Å². The molecule has 0 saturated carbocycles. The fraction of sp³-hybridized carbons (Fsp3) is 0.429. The Kier molecular flexibility index (Phi) is 5.20.